The molecule has 1 N–H and O–H groups in total. The molecule has 1 saturated heterocycles. The number of aromatic nitrogens is 1. The van der Waals surface area contributed by atoms with E-state index in [0.29, 0.717) is 19.1 Å². The Hall–Kier alpha value is -2.40. The van der Waals surface area contributed by atoms with Crippen LogP contribution in [-0.4, -0.2) is 48.0 Å². The lowest BCUT2D eigenvalue weighted by atomic mass is 10.2. The number of carbonyl (C=O) groups excluding carboxylic acids is 1. The van der Waals surface area contributed by atoms with E-state index in [2.05, 4.69) is 45.2 Å². The molecule has 2 aromatic rings. The zero-order valence-corrected chi connectivity index (χ0v) is 15.5. The molecule has 1 atom stereocenters. The highest BCUT2D eigenvalue weighted by atomic mass is 16.2. The topological polar surface area (TPSA) is 48.5 Å². The van der Waals surface area contributed by atoms with E-state index in [9.17, 15) is 4.79 Å². The normalized spacial score (nSPS) is 16.4. The number of nitrogens with zero attached hydrogens (tertiary/aromatic N) is 3. The Labute approximate surface area is 156 Å². The predicted molar refractivity (Wildman–Crippen MR) is 105 cm³/mol. The Morgan fingerprint density at radius 1 is 1.23 bits per heavy atom. The molecule has 0 aliphatic carbocycles. The van der Waals surface area contributed by atoms with Crippen LogP contribution in [0.3, 0.4) is 0 Å². The highest BCUT2D eigenvalue weighted by molar-refractivity contribution is 5.82. The van der Waals surface area contributed by atoms with Crippen LogP contribution in [0.5, 0.6) is 0 Å². The van der Waals surface area contributed by atoms with Gasteiger partial charge in [-0.05, 0) is 43.1 Å². The summed E-state index contributed by atoms with van der Waals surface area (Å²) in [6.07, 6.45) is 5.67. The van der Waals surface area contributed by atoms with E-state index in [-0.39, 0.29) is 5.91 Å². The first-order chi connectivity index (χ1) is 12.8. The van der Waals surface area contributed by atoms with Crippen molar-refractivity contribution in [3.8, 4) is 0 Å². The summed E-state index contributed by atoms with van der Waals surface area (Å²) in [5.74, 6) is 0.202. The average Bonchev–Trinajstić information content (AvgIpc) is 3.21. The van der Waals surface area contributed by atoms with Gasteiger partial charge in [-0.1, -0.05) is 31.2 Å². The van der Waals surface area contributed by atoms with Crippen LogP contribution in [-0.2, 0) is 11.3 Å². The molecule has 2 heterocycles. The van der Waals surface area contributed by atoms with Gasteiger partial charge in [0, 0.05) is 43.8 Å². The van der Waals surface area contributed by atoms with E-state index < -0.39 is 0 Å². The van der Waals surface area contributed by atoms with Crippen LogP contribution in [0.4, 0.5) is 5.69 Å². The van der Waals surface area contributed by atoms with E-state index in [0.717, 1.165) is 43.7 Å². The number of rotatable bonds is 8. The van der Waals surface area contributed by atoms with Gasteiger partial charge in [0.1, 0.15) is 0 Å². The largest absolute Gasteiger partial charge is 0.358 e. The van der Waals surface area contributed by atoms with Gasteiger partial charge >= 0.3 is 0 Å². The minimum atomic E-state index is 0.202. The van der Waals surface area contributed by atoms with Crippen molar-refractivity contribution in [1.82, 2.24) is 15.2 Å². The van der Waals surface area contributed by atoms with Gasteiger partial charge < -0.3 is 15.1 Å². The van der Waals surface area contributed by atoms with Gasteiger partial charge in [-0.3, -0.25) is 9.78 Å². The lowest BCUT2D eigenvalue weighted by molar-refractivity contribution is -0.131. The zero-order chi connectivity index (χ0) is 18.2. The molecule has 1 aromatic heterocycles. The minimum Gasteiger partial charge on any atom is -0.358 e. The van der Waals surface area contributed by atoms with Crippen LogP contribution in [0.2, 0.25) is 0 Å². The van der Waals surface area contributed by atoms with E-state index in [1.165, 1.54) is 0 Å². The Kier molecular flexibility index (Phi) is 6.61. The molecule has 0 radical (unpaired) electrons. The molecule has 0 spiro atoms. The molecular weight excluding hydrogens is 324 g/mol. The monoisotopic (exact) mass is 352 g/mol. The second-order valence-corrected chi connectivity index (χ2v) is 6.79. The summed E-state index contributed by atoms with van der Waals surface area (Å²) in [7, 11) is 0. The number of carbonyl (C=O) groups is 1. The summed E-state index contributed by atoms with van der Waals surface area (Å²) < 4.78 is 0. The minimum absolute atomic E-state index is 0.202. The van der Waals surface area contributed by atoms with Gasteiger partial charge in [-0.25, -0.2) is 0 Å². The fourth-order valence-corrected chi connectivity index (χ4v) is 3.50. The van der Waals surface area contributed by atoms with Crippen LogP contribution in [0.1, 0.15) is 25.3 Å². The maximum atomic E-state index is 13.1. The smallest absolute Gasteiger partial charge is 0.242 e. The molecule has 1 aliphatic heterocycles. The van der Waals surface area contributed by atoms with Crippen molar-refractivity contribution in [1.29, 1.82) is 0 Å². The van der Waals surface area contributed by atoms with Crippen molar-refractivity contribution in [3.63, 3.8) is 0 Å². The molecule has 26 heavy (non-hydrogen) atoms. The first kappa shape index (κ1) is 18.4. The zero-order valence-electron chi connectivity index (χ0n) is 15.5. The van der Waals surface area contributed by atoms with Crippen LogP contribution >= 0.6 is 0 Å². The van der Waals surface area contributed by atoms with E-state index >= 15 is 0 Å². The quantitative estimate of drug-likeness (QED) is 0.794. The second kappa shape index (κ2) is 9.34. The number of pyridine rings is 1. The summed E-state index contributed by atoms with van der Waals surface area (Å²) >= 11 is 0. The number of nitrogens with one attached hydrogen (secondary N) is 1. The summed E-state index contributed by atoms with van der Waals surface area (Å²) in [6.45, 7) is 5.91. The summed E-state index contributed by atoms with van der Waals surface area (Å²) in [6, 6.07) is 14.5. The molecule has 0 saturated carbocycles. The van der Waals surface area contributed by atoms with Gasteiger partial charge in [0.05, 0.1) is 6.54 Å². The van der Waals surface area contributed by atoms with Crippen molar-refractivity contribution in [2.75, 3.05) is 31.1 Å². The third kappa shape index (κ3) is 4.82. The molecule has 1 aliphatic rings. The number of hydrogen-bond acceptors (Lipinski definition) is 4. The first-order valence-electron chi connectivity index (χ1n) is 9.47. The van der Waals surface area contributed by atoms with Crippen LogP contribution in [0.15, 0.2) is 54.9 Å². The standard InChI is InChI=1S/C21H28N4O/c1-2-13-25(20-10-12-23-15-20)21(26)17-24(19-8-4-3-5-9-19)16-18-7-6-11-22-14-18/h3-9,11,14,20,23H,2,10,12-13,15-17H2,1H3. The Bertz CT molecular complexity index is 671. The fraction of sp³-hybridized carbons (Fsp3) is 0.429. The molecule has 5 nitrogen and oxygen atoms in total. The summed E-state index contributed by atoms with van der Waals surface area (Å²) in [5.41, 5.74) is 2.17. The van der Waals surface area contributed by atoms with Crippen molar-refractivity contribution in [2.45, 2.75) is 32.4 Å². The molecule has 5 heteroatoms. The number of para-hydroxylation sites is 1. The lowest BCUT2D eigenvalue weighted by Gasteiger charge is -2.32. The molecule has 0 bridgehead atoms. The van der Waals surface area contributed by atoms with E-state index in [1.807, 2.05) is 30.5 Å². The third-order valence-electron chi connectivity index (χ3n) is 4.80. The Balaban J connectivity index is 1.76. The van der Waals surface area contributed by atoms with Crippen molar-refractivity contribution in [3.05, 3.63) is 60.4 Å². The molecule has 138 valence electrons. The Morgan fingerprint density at radius 2 is 2.08 bits per heavy atom. The summed E-state index contributed by atoms with van der Waals surface area (Å²) in [4.78, 5) is 21.6. The maximum absolute atomic E-state index is 13.1. The highest BCUT2D eigenvalue weighted by Gasteiger charge is 2.27. The Morgan fingerprint density at radius 3 is 2.73 bits per heavy atom. The van der Waals surface area contributed by atoms with Gasteiger partial charge in [0.25, 0.3) is 0 Å². The van der Waals surface area contributed by atoms with Crippen LogP contribution in [0, 0.1) is 0 Å². The van der Waals surface area contributed by atoms with E-state index in [4.69, 9.17) is 0 Å². The number of benzene rings is 1. The van der Waals surface area contributed by atoms with Crippen LogP contribution in [0.25, 0.3) is 0 Å². The number of hydrogen-bond donors (Lipinski definition) is 1. The van der Waals surface area contributed by atoms with Crippen molar-refractivity contribution in [2.24, 2.45) is 0 Å². The molecule has 3 rings (SSSR count). The molecular formula is C21H28N4O. The molecule has 1 unspecified atom stereocenters. The van der Waals surface area contributed by atoms with E-state index in [1.54, 1.807) is 6.20 Å². The fourth-order valence-electron chi connectivity index (χ4n) is 3.50. The lowest BCUT2D eigenvalue weighted by Crippen LogP contribution is -2.47. The molecule has 1 fully saturated rings. The molecule has 1 amide bonds. The van der Waals surface area contributed by atoms with Gasteiger partial charge in [-0.15, -0.1) is 0 Å². The highest BCUT2D eigenvalue weighted by Crippen LogP contribution is 2.18. The average molecular weight is 352 g/mol. The second-order valence-electron chi connectivity index (χ2n) is 6.79. The van der Waals surface area contributed by atoms with Crippen molar-refractivity contribution < 1.29 is 4.79 Å². The number of amides is 1. The first-order valence-corrected chi connectivity index (χ1v) is 9.47. The van der Waals surface area contributed by atoms with Crippen molar-refractivity contribution >= 4 is 11.6 Å². The summed E-state index contributed by atoms with van der Waals surface area (Å²) in [5, 5.41) is 3.38. The molecule has 1 aromatic carbocycles. The van der Waals surface area contributed by atoms with Gasteiger partial charge in [-0.2, -0.15) is 0 Å². The predicted octanol–water partition coefficient (Wildman–Crippen LogP) is 2.69. The SMILES string of the molecule is CCCN(C(=O)CN(Cc1cccnc1)c1ccccc1)C1CCNC1. The van der Waals surface area contributed by atoms with Gasteiger partial charge in [0.2, 0.25) is 5.91 Å². The van der Waals surface area contributed by atoms with Crippen LogP contribution < -0.4 is 10.2 Å². The van der Waals surface area contributed by atoms with Gasteiger partial charge in [0.15, 0.2) is 0 Å². The third-order valence-corrected chi connectivity index (χ3v) is 4.80. The maximum Gasteiger partial charge on any atom is 0.242 e. The number of anilines is 1.